The van der Waals surface area contributed by atoms with E-state index in [1.807, 2.05) is 26.0 Å². The molecule has 1 saturated heterocycles. The van der Waals surface area contributed by atoms with E-state index in [9.17, 15) is 4.57 Å². The van der Waals surface area contributed by atoms with E-state index in [1.54, 1.807) is 0 Å². The number of epoxide rings is 1. The number of rotatable bonds is 11. The Balaban J connectivity index is 2.19. The van der Waals surface area contributed by atoms with Crippen molar-refractivity contribution < 1.29 is 22.8 Å². The van der Waals surface area contributed by atoms with Crippen molar-refractivity contribution in [2.45, 2.75) is 77.7 Å². The quantitative estimate of drug-likeness (QED) is 0.265. The van der Waals surface area contributed by atoms with Gasteiger partial charge in [-0.15, -0.1) is 0 Å². The highest BCUT2D eigenvalue weighted by Crippen LogP contribution is 2.62. The molecule has 166 valence electrons. The largest absolute Gasteiger partial charge is 0.409 e. The van der Waals surface area contributed by atoms with Crippen molar-refractivity contribution in [1.82, 2.24) is 0 Å². The van der Waals surface area contributed by atoms with Crippen LogP contribution in [-0.2, 0) is 22.8 Å². The van der Waals surface area contributed by atoms with Crippen LogP contribution in [0.1, 0.15) is 40.2 Å². The molecule has 1 aromatic carbocycles. The van der Waals surface area contributed by atoms with Crippen molar-refractivity contribution in [2.75, 3.05) is 25.1 Å². The number of hydrogen-bond acceptors (Lipinski definition) is 6. The van der Waals surface area contributed by atoms with Gasteiger partial charge < -0.3 is 23.5 Å². The van der Waals surface area contributed by atoms with E-state index >= 15 is 0 Å². The molecule has 0 amide bonds. The molecular formula is C21H38NO5PSi. The van der Waals surface area contributed by atoms with Gasteiger partial charge in [0, 0.05) is 12.2 Å². The topological polar surface area (TPSA) is 69.3 Å². The van der Waals surface area contributed by atoms with E-state index in [4.69, 9.17) is 18.2 Å². The van der Waals surface area contributed by atoms with Crippen molar-refractivity contribution in [2.24, 2.45) is 0 Å². The Hall–Kier alpha value is -0.693. The Morgan fingerprint density at radius 3 is 2.28 bits per heavy atom. The summed E-state index contributed by atoms with van der Waals surface area (Å²) >= 11 is 0. The minimum Gasteiger partial charge on any atom is -0.409 e. The third-order valence-electron chi connectivity index (χ3n) is 5.69. The standard InChI is InChI=1S/C21H38NO5PSi/c1-9-24-28(23,25-10-2)20-19(26-20)18(27-29(7,8)21(4,5)6)15-22-17-14-12-11-13-16(17)3/h11-14,18-20,22H,9-10,15H2,1-8H3/t18-,19-,20-/m1/s1. The van der Waals surface area contributed by atoms with E-state index < -0.39 is 21.8 Å². The average molecular weight is 444 g/mol. The maximum absolute atomic E-state index is 13.1. The van der Waals surface area contributed by atoms with E-state index in [2.05, 4.69) is 58.2 Å². The first-order valence-electron chi connectivity index (χ1n) is 10.5. The van der Waals surface area contributed by atoms with Gasteiger partial charge in [0.25, 0.3) is 0 Å². The van der Waals surface area contributed by atoms with Gasteiger partial charge in [0.2, 0.25) is 0 Å². The molecule has 0 saturated carbocycles. The monoisotopic (exact) mass is 443 g/mol. The maximum Gasteiger partial charge on any atom is 0.361 e. The van der Waals surface area contributed by atoms with Crippen LogP contribution in [0.3, 0.4) is 0 Å². The van der Waals surface area contributed by atoms with Gasteiger partial charge in [-0.05, 0) is 50.5 Å². The fourth-order valence-electron chi connectivity index (χ4n) is 2.95. The number of benzene rings is 1. The highest BCUT2D eigenvalue weighted by Gasteiger charge is 2.59. The van der Waals surface area contributed by atoms with Crippen LogP contribution >= 0.6 is 7.60 Å². The zero-order valence-corrected chi connectivity index (χ0v) is 21.0. The van der Waals surface area contributed by atoms with Gasteiger partial charge in [0.1, 0.15) is 6.10 Å². The SMILES string of the molecule is CCOP(=O)(OCC)[C@H]1O[C@@H]1[C@@H](CNc1ccccc1C)O[Si](C)(C)C(C)(C)C. The van der Waals surface area contributed by atoms with Crippen molar-refractivity contribution in [1.29, 1.82) is 0 Å². The van der Waals surface area contributed by atoms with E-state index in [0.717, 1.165) is 5.69 Å². The summed E-state index contributed by atoms with van der Waals surface area (Å²) < 4.78 is 36.7. The third kappa shape index (κ3) is 6.15. The van der Waals surface area contributed by atoms with Gasteiger partial charge in [-0.3, -0.25) is 4.57 Å². The van der Waals surface area contributed by atoms with Gasteiger partial charge in [0.15, 0.2) is 14.2 Å². The second-order valence-corrected chi connectivity index (χ2v) is 15.8. The summed E-state index contributed by atoms with van der Waals surface area (Å²) in [5.74, 6) is -0.573. The first-order valence-corrected chi connectivity index (χ1v) is 15.0. The Bertz CT molecular complexity index is 711. The molecule has 1 fully saturated rings. The van der Waals surface area contributed by atoms with E-state index in [-0.39, 0.29) is 17.2 Å². The fourth-order valence-corrected chi connectivity index (χ4v) is 6.20. The van der Waals surface area contributed by atoms with E-state index in [1.165, 1.54) is 5.56 Å². The summed E-state index contributed by atoms with van der Waals surface area (Å²) in [5, 5.41) is 3.55. The second-order valence-electron chi connectivity index (χ2n) is 8.98. The summed E-state index contributed by atoms with van der Waals surface area (Å²) in [6, 6.07) is 8.15. The van der Waals surface area contributed by atoms with Crippen LogP contribution in [0.4, 0.5) is 5.69 Å². The molecule has 3 atom stereocenters. The molecule has 1 heterocycles. The van der Waals surface area contributed by atoms with Crippen LogP contribution < -0.4 is 5.32 Å². The normalized spacial score (nSPS) is 21.1. The smallest absolute Gasteiger partial charge is 0.361 e. The van der Waals surface area contributed by atoms with Crippen LogP contribution in [0, 0.1) is 6.92 Å². The predicted molar refractivity (Wildman–Crippen MR) is 121 cm³/mol. The minimum absolute atomic E-state index is 0.0574. The molecule has 0 spiro atoms. The van der Waals surface area contributed by atoms with Gasteiger partial charge >= 0.3 is 7.60 Å². The molecular weight excluding hydrogens is 405 g/mol. The number of nitrogens with one attached hydrogen (secondary N) is 1. The molecule has 29 heavy (non-hydrogen) atoms. The maximum atomic E-state index is 13.1. The first kappa shape index (κ1) is 24.6. The van der Waals surface area contributed by atoms with Crippen LogP contribution in [0.25, 0.3) is 0 Å². The Morgan fingerprint density at radius 1 is 1.17 bits per heavy atom. The molecule has 0 aliphatic carbocycles. The van der Waals surface area contributed by atoms with Crippen molar-refractivity contribution in [3.8, 4) is 0 Å². The average Bonchev–Trinajstić information content (AvgIpc) is 3.40. The van der Waals surface area contributed by atoms with Crippen molar-refractivity contribution in [3.05, 3.63) is 29.8 Å². The number of hydrogen-bond donors (Lipinski definition) is 1. The zero-order chi connectivity index (χ0) is 21.9. The lowest BCUT2D eigenvalue weighted by atomic mass is 10.2. The first-order chi connectivity index (χ1) is 13.4. The number of aryl methyl sites for hydroxylation is 1. The molecule has 1 N–H and O–H groups in total. The Labute approximate surface area is 177 Å². The number of ether oxygens (including phenoxy) is 1. The molecule has 1 aliphatic rings. The minimum atomic E-state index is -3.32. The Morgan fingerprint density at radius 2 is 1.76 bits per heavy atom. The van der Waals surface area contributed by atoms with Crippen molar-refractivity contribution >= 4 is 21.6 Å². The third-order valence-corrected chi connectivity index (χ3v) is 12.5. The highest BCUT2D eigenvalue weighted by atomic mass is 31.2. The highest BCUT2D eigenvalue weighted by molar-refractivity contribution is 7.54. The predicted octanol–water partition coefficient (Wildman–Crippen LogP) is 5.79. The molecule has 1 aliphatic heterocycles. The van der Waals surface area contributed by atoms with Gasteiger partial charge in [0.05, 0.1) is 19.3 Å². The molecule has 0 radical (unpaired) electrons. The van der Waals surface area contributed by atoms with Crippen molar-refractivity contribution in [3.63, 3.8) is 0 Å². The lowest BCUT2D eigenvalue weighted by Gasteiger charge is -2.39. The number of para-hydroxylation sites is 1. The zero-order valence-electron chi connectivity index (χ0n) is 19.2. The fraction of sp³-hybridized carbons (Fsp3) is 0.714. The summed E-state index contributed by atoms with van der Waals surface area (Å²) in [6.45, 7) is 18.0. The lowest BCUT2D eigenvalue weighted by Crippen LogP contribution is -2.47. The lowest BCUT2D eigenvalue weighted by molar-refractivity contribution is 0.153. The van der Waals surface area contributed by atoms with Gasteiger partial charge in [-0.2, -0.15) is 0 Å². The van der Waals surface area contributed by atoms with Gasteiger partial charge in [-0.25, -0.2) is 0 Å². The summed E-state index contributed by atoms with van der Waals surface area (Å²) in [4.78, 5) is 0. The summed E-state index contributed by atoms with van der Waals surface area (Å²) in [7, 11) is -5.38. The number of anilines is 1. The molecule has 8 heteroatoms. The molecule has 0 unspecified atom stereocenters. The Kier molecular flexibility index (Phi) is 8.16. The second kappa shape index (κ2) is 9.63. The summed E-state index contributed by atoms with van der Waals surface area (Å²) in [5.41, 5.74) is 2.23. The molecule has 6 nitrogen and oxygen atoms in total. The van der Waals surface area contributed by atoms with Crippen LogP contribution in [-0.4, -0.2) is 46.1 Å². The summed E-state index contributed by atoms with van der Waals surface area (Å²) in [6.07, 6.45) is -0.556. The molecule has 0 bridgehead atoms. The van der Waals surface area contributed by atoms with Crippen LogP contribution in [0.5, 0.6) is 0 Å². The van der Waals surface area contributed by atoms with Crippen LogP contribution in [0.15, 0.2) is 24.3 Å². The van der Waals surface area contributed by atoms with E-state index in [0.29, 0.717) is 19.8 Å². The molecule has 0 aromatic heterocycles. The van der Waals surface area contributed by atoms with Gasteiger partial charge in [-0.1, -0.05) is 39.0 Å². The van der Waals surface area contributed by atoms with Crippen LogP contribution in [0.2, 0.25) is 18.1 Å². The molecule has 2 rings (SSSR count). The molecule has 1 aromatic rings.